The molecule has 0 aliphatic rings. The number of hydrogen-bond donors (Lipinski definition) is 2. The minimum atomic E-state index is -0.578. The van der Waals surface area contributed by atoms with Crippen LogP contribution >= 0.6 is 0 Å². The Morgan fingerprint density at radius 2 is 1.92 bits per heavy atom. The average Bonchev–Trinajstić information content (AvgIpc) is 2.67. The summed E-state index contributed by atoms with van der Waals surface area (Å²) in [6.07, 6.45) is 0. The maximum absolute atomic E-state index is 12.4. The van der Waals surface area contributed by atoms with Crippen molar-refractivity contribution in [2.45, 2.75) is 13.5 Å². The number of H-pyrrole nitrogens is 1. The molecule has 6 nitrogen and oxygen atoms in total. The second-order valence-corrected chi connectivity index (χ2v) is 5.89. The third-order valence-electron chi connectivity index (χ3n) is 3.93. The zero-order valence-corrected chi connectivity index (χ0v) is 14.6. The summed E-state index contributed by atoms with van der Waals surface area (Å²) in [5.74, 6) is 0.282. The summed E-state index contributed by atoms with van der Waals surface area (Å²) in [5.41, 5.74) is 2.83. The summed E-state index contributed by atoms with van der Waals surface area (Å²) in [6, 6.07) is 16.6. The molecule has 0 saturated heterocycles. The van der Waals surface area contributed by atoms with Crippen molar-refractivity contribution >= 4 is 5.91 Å². The van der Waals surface area contributed by atoms with Gasteiger partial charge >= 0.3 is 5.69 Å². The van der Waals surface area contributed by atoms with Gasteiger partial charge in [-0.2, -0.15) is 4.98 Å². The molecule has 3 rings (SSSR count). The highest BCUT2D eigenvalue weighted by Gasteiger charge is 2.11. The van der Waals surface area contributed by atoms with Crippen molar-refractivity contribution in [2.75, 3.05) is 7.11 Å². The predicted molar refractivity (Wildman–Crippen MR) is 99.2 cm³/mol. The smallest absolute Gasteiger partial charge is 0.346 e. The van der Waals surface area contributed by atoms with Gasteiger partial charge < -0.3 is 15.0 Å². The molecule has 26 heavy (non-hydrogen) atoms. The number of hydrogen-bond acceptors (Lipinski definition) is 4. The van der Waals surface area contributed by atoms with E-state index in [0.717, 1.165) is 11.1 Å². The number of nitrogens with one attached hydrogen (secondary N) is 2. The van der Waals surface area contributed by atoms with Crippen molar-refractivity contribution in [1.82, 2.24) is 15.3 Å². The first-order valence-electron chi connectivity index (χ1n) is 8.15. The Morgan fingerprint density at radius 1 is 1.15 bits per heavy atom. The van der Waals surface area contributed by atoms with E-state index in [2.05, 4.69) is 15.3 Å². The number of ether oxygens (including phenoxy) is 1. The summed E-state index contributed by atoms with van der Waals surface area (Å²) in [4.78, 5) is 30.7. The maximum Gasteiger partial charge on any atom is 0.346 e. The highest BCUT2D eigenvalue weighted by atomic mass is 16.5. The van der Waals surface area contributed by atoms with E-state index in [9.17, 15) is 9.59 Å². The number of rotatable bonds is 5. The van der Waals surface area contributed by atoms with Gasteiger partial charge in [0.25, 0.3) is 5.91 Å². The third kappa shape index (κ3) is 4.16. The number of aromatic amines is 1. The Hall–Kier alpha value is -3.41. The van der Waals surface area contributed by atoms with Crippen molar-refractivity contribution < 1.29 is 9.53 Å². The number of benzene rings is 2. The van der Waals surface area contributed by atoms with E-state index in [1.807, 2.05) is 31.2 Å². The van der Waals surface area contributed by atoms with Crippen LogP contribution in [0.4, 0.5) is 0 Å². The van der Waals surface area contributed by atoms with Crippen LogP contribution in [0.25, 0.3) is 11.3 Å². The minimum Gasteiger partial charge on any atom is -0.497 e. The van der Waals surface area contributed by atoms with Gasteiger partial charge in [-0.05, 0) is 30.7 Å². The van der Waals surface area contributed by atoms with Crippen LogP contribution in [0.1, 0.15) is 21.6 Å². The highest BCUT2D eigenvalue weighted by molar-refractivity contribution is 5.93. The fourth-order valence-electron chi connectivity index (χ4n) is 2.49. The molecule has 132 valence electrons. The summed E-state index contributed by atoms with van der Waals surface area (Å²) < 4.78 is 5.19. The summed E-state index contributed by atoms with van der Waals surface area (Å²) in [5, 5.41) is 2.80. The van der Waals surface area contributed by atoms with Crippen LogP contribution in [0, 0.1) is 6.92 Å². The lowest BCUT2D eigenvalue weighted by Gasteiger charge is -2.08. The second-order valence-electron chi connectivity index (χ2n) is 5.89. The normalized spacial score (nSPS) is 10.4. The Bertz CT molecular complexity index is 978. The largest absolute Gasteiger partial charge is 0.497 e. The summed E-state index contributed by atoms with van der Waals surface area (Å²) >= 11 is 0. The molecule has 0 atom stereocenters. The maximum atomic E-state index is 12.4. The fourth-order valence-corrected chi connectivity index (χ4v) is 2.49. The number of aryl methyl sites for hydroxylation is 1. The number of methoxy groups -OCH3 is 1. The molecule has 0 radical (unpaired) electrons. The molecule has 0 aliphatic heterocycles. The molecule has 0 saturated carbocycles. The molecule has 2 aromatic carbocycles. The van der Waals surface area contributed by atoms with Crippen molar-refractivity contribution in [3.8, 4) is 17.0 Å². The van der Waals surface area contributed by atoms with Gasteiger partial charge in [-0.1, -0.05) is 42.0 Å². The molecule has 0 fully saturated rings. The number of carbonyl (C=O) groups is 1. The number of nitrogens with zero attached hydrogens (tertiary/aromatic N) is 1. The van der Waals surface area contributed by atoms with Gasteiger partial charge in [0.15, 0.2) is 0 Å². The molecule has 0 spiro atoms. The van der Waals surface area contributed by atoms with Gasteiger partial charge in [-0.15, -0.1) is 0 Å². The van der Waals surface area contributed by atoms with Gasteiger partial charge in [0.2, 0.25) is 0 Å². The van der Waals surface area contributed by atoms with Crippen molar-refractivity contribution in [2.24, 2.45) is 0 Å². The van der Waals surface area contributed by atoms with Crippen LogP contribution in [-0.4, -0.2) is 23.0 Å². The first-order valence-corrected chi connectivity index (χ1v) is 8.15. The Morgan fingerprint density at radius 3 is 2.65 bits per heavy atom. The van der Waals surface area contributed by atoms with Crippen molar-refractivity contribution in [3.05, 3.63) is 81.9 Å². The summed E-state index contributed by atoms with van der Waals surface area (Å²) in [7, 11) is 1.56. The van der Waals surface area contributed by atoms with E-state index in [4.69, 9.17) is 4.74 Å². The van der Waals surface area contributed by atoms with Crippen LogP contribution in [0.2, 0.25) is 0 Å². The Balaban J connectivity index is 1.81. The zero-order valence-electron chi connectivity index (χ0n) is 14.6. The van der Waals surface area contributed by atoms with E-state index in [-0.39, 0.29) is 11.6 Å². The SMILES string of the molecule is COc1cccc(-c2cc(C(=O)NCc3ccc(C)cc3)[nH]c(=O)n2)c1. The van der Waals surface area contributed by atoms with Crippen LogP contribution in [0.3, 0.4) is 0 Å². The molecule has 0 unspecified atom stereocenters. The first-order chi connectivity index (χ1) is 12.5. The quantitative estimate of drug-likeness (QED) is 0.742. The van der Waals surface area contributed by atoms with Crippen LogP contribution in [0.15, 0.2) is 59.4 Å². The van der Waals surface area contributed by atoms with Gasteiger partial charge in [0.05, 0.1) is 12.8 Å². The Kier molecular flexibility index (Phi) is 5.12. The Labute approximate surface area is 150 Å². The monoisotopic (exact) mass is 349 g/mol. The van der Waals surface area contributed by atoms with E-state index >= 15 is 0 Å². The number of carbonyl (C=O) groups excluding carboxylic acids is 1. The van der Waals surface area contributed by atoms with Gasteiger partial charge in [0.1, 0.15) is 11.4 Å². The van der Waals surface area contributed by atoms with E-state index in [1.54, 1.807) is 37.4 Å². The molecule has 1 aromatic heterocycles. The fraction of sp³-hybridized carbons (Fsp3) is 0.150. The zero-order chi connectivity index (χ0) is 18.5. The lowest BCUT2D eigenvalue weighted by Crippen LogP contribution is -2.27. The molecular weight excluding hydrogens is 330 g/mol. The van der Waals surface area contributed by atoms with Crippen LogP contribution < -0.4 is 15.7 Å². The molecule has 0 aliphatic carbocycles. The molecule has 6 heteroatoms. The number of aromatic nitrogens is 2. The van der Waals surface area contributed by atoms with E-state index in [0.29, 0.717) is 23.6 Å². The number of amides is 1. The van der Waals surface area contributed by atoms with Gasteiger partial charge in [0, 0.05) is 12.1 Å². The molecular formula is C20H19N3O3. The molecule has 1 heterocycles. The standard InChI is InChI=1S/C20H19N3O3/c1-13-6-8-14(9-7-13)12-21-19(24)18-11-17(22-20(25)23-18)15-4-3-5-16(10-15)26-2/h3-11H,12H2,1-2H3,(H,21,24)(H,22,23,25). The van der Waals surface area contributed by atoms with Crippen LogP contribution in [-0.2, 0) is 6.54 Å². The van der Waals surface area contributed by atoms with Crippen LogP contribution in [0.5, 0.6) is 5.75 Å². The molecule has 1 amide bonds. The molecule has 0 bridgehead atoms. The lowest BCUT2D eigenvalue weighted by molar-refractivity contribution is 0.0945. The third-order valence-corrected chi connectivity index (χ3v) is 3.93. The predicted octanol–water partition coefficient (Wildman–Crippen LogP) is 2.68. The molecule has 3 aromatic rings. The average molecular weight is 349 g/mol. The first kappa shape index (κ1) is 17.4. The summed E-state index contributed by atoms with van der Waals surface area (Å²) in [6.45, 7) is 2.38. The van der Waals surface area contributed by atoms with Gasteiger partial charge in [-0.25, -0.2) is 4.79 Å². The van der Waals surface area contributed by atoms with E-state index in [1.165, 1.54) is 0 Å². The highest BCUT2D eigenvalue weighted by Crippen LogP contribution is 2.21. The lowest BCUT2D eigenvalue weighted by atomic mass is 10.1. The topological polar surface area (TPSA) is 84.1 Å². The second kappa shape index (κ2) is 7.65. The van der Waals surface area contributed by atoms with Gasteiger partial charge in [-0.3, -0.25) is 4.79 Å². The van der Waals surface area contributed by atoms with E-state index < -0.39 is 5.69 Å². The minimum absolute atomic E-state index is 0.162. The van der Waals surface area contributed by atoms with Crippen molar-refractivity contribution in [1.29, 1.82) is 0 Å². The van der Waals surface area contributed by atoms with Crippen molar-refractivity contribution in [3.63, 3.8) is 0 Å². The molecule has 2 N–H and O–H groups in total.